The van der Waals surface area contributed by atoms with Crippen molar-refractivity contribution in [2.24, 2.45) is 0 Å². The molecule has 0 aromatic carbocycles. The van der Waals surface area contributed by atoms with Gasteiger partial charge < -0.3 is 5.11 Å². The maximum atomic E-state index is 11.6. The van der Waals surface area contributed by atoms with E-state index in [0.717, 1.165) is 31.4 Å². The first-order chi connectivity index (χ1) is 10.2. The van der Waals surface area contributed by atoms with Crippen molar-refractivity contribution in [3.8, 4) is 0 Å². The molecule has 21 heavy (non-hydrogen) atoms. The highest BCUT2D eigenvalue weighted by Gasteiger charge is 2.03. The minimum Gasteiger partial charge on any atom is -0.481 e. The molecule has 0 heterocycles. The maximum absolute atomic E-state index is 11.6. The van der Waals surface area contributed by atoms with Crippen molar-refractivity contribution < 1.29 is 14.7 Å². The Morgan fingerprint density at radius 1 is 0.762 bits per heavy atom. The summed E-state index contributed by atoms with van der Waals surface area (Å²) >= 11 is 1.42. The molecule has 0 spiro atoms. The van der Waals surface area contributed by atoms with Crippen LogP contribution in [0.2, 0.25) is 0 Å². The van der Waals surface area contributed by atoms with Gasteiger partial charge in [0, 0.05) is 18.6 Å². The number of carboxylic acids is 1. The number of thioether (sulfide) groups is 1. The van der Waals surface area contributed by atoms with Crippen molar-refractivity contribution in [3.05, 3.63) is 0 Å². The lowest BCUT2D eigenvalue weighted by Gasteiger charge is -2.02. The molecule has 0 aromatic rings. The van der Waals surface area contributed by atoms with Gasteiger partial charge in [0.2, 0.25) is 0 Å². The number of unbranched alkanes of at least 4 members (excludes halogenated alkanes) is 9. The van der Waals surface area contributed by atoms with Gasteiger partial charge in [-0.15, -0.1) is 0 Å². The number of carboxylic acid groups (broad SMARTS) is 1. The molecule has 0 saturated heterocycles. The summed E-state index contributed by atoms with van der Waals surface area (Å²) in [6, 6.07) is 0. The molecule has 0 aromatic heterocycles. The van der Waals surface area contributed by atoms with Crippen molar-refractivity contribution in [2.45, 2.75) is 90.4 Å². The zero-order valence-corrected chi connectivity index (χ0v) is 14.4. The van der Waals surface area contributed by atoms with Crippen molar-refractivity contribution in [3.63, 3.8) is 0 Å². The van der Waals surface area contributed by atoms with Crippen molar-refractivity contribution >= 4 is 22.8 Å². The number of carbonyl (C=O) groups excluding carboxylic acids is 1. The molecule has 124 valence electrons. The Morgan fingerprint density at radius 2 is 1.29 bits per heavy atom. The Bertz CT molecular complexity index is 267. The Morgan fingerprint density at radius 3 is 1.90 bits per heavy atom. The second-order valence-electron chi connectivity index (χ2n) is 5.65. The quantitative estimate of drug-likeness (QED) is 0.410. The van der Waals surface area contributed by atoms with Crippen LogP contribution in [0.3, 0.4) is 0 Å². The first-order valence-electron chi connectivity index (χ1n) is 8.54. The second kappa shape index (κ2) is 15.9. The lowest BCUT2D eigenvalue weighted by atomic mass is 10.1. The van der Waals surface area contributed by atoms with E-state index in [1.807, 2.05) is 0 Å². The molecule has 0 aliphatic heterocycles. The Kier molecular flexibility index (Phi) is 15.5. The molecule has 0 amide bonds. The van der Waals surface area contributed by atoms with E-state index in [1.54, 1.807) is 0 Å². The molecule has 0 bridgehead atoms. The van der Waals surface area contributed by atoms with Gasteiger partial charge in [0.05, 0.1) is 0 Å². The van der Waals surface area contributed by atoms with E-state index in [0.29, 0.717) is 11.5 Å². The monoisotopic (exact) mass is 316 g/mol. The summed E-state index contributed by atoms with van der Waals surface area (Å²) in [6.07, 6.45) is 13.6. The van der Waals surface area contributed by atoms with Crippen LogP contribution in [0.5, 0.6) is 0 Å². The highest BCUT2D eigenvalue weighted by atomic mass is 32.2. The van der Waals surface area contributed by atoms with Gasteiger partial charge in [0.25, 0.3) is 0 Å². The largest absolute Gasteiger partial charge is 0.481 e. The van der Waals surface area contributed by atoms with Gasteiger partial charge in [-0.25, -0.2) is 0 Å². The molecular weight excluding hydrogens is 284 g/mol. The molecule has 0 radical (unpaired) electrons. The Balaban J connectivity index is 3.18. The molecule has 0 rings (SSSR count). The van der Waals surface area contributed by atoms with Gasteiger partial charge in [0.1, 0.15) is 0 Å². The first-order valence-corrected chi connectivity index (χ1v) is 9.52. The predicted molar refractivity (Wildman–Crippen MR) is 90.8 cm³/mol. The molecule has 0 atom stereocenters. The van der Waals surface area contributed by atoms with Crippen LogP contribution in [0.4, 0.5) is 0 Å². The zero-order valence-electron chi connectivity index (χ0n) is 13.6. The predicted octanol–water partition coefficient (Wildman–Crippen LogP) is 5.42. The number of rotatable bonds is 15. The van der Waals surface area contributed by atoms with E-state index in [9.17, 15) is 9.59 Å². The lowest BCUT2D eigenvalue weighted by molar-refractivity contribution is -0.137. The SMILES string of the molecule is CCCCCCCCCCC(=O)SCCCCCC(=O)O. The molecule has 1 N–H and O–H groups in total. The smallest absolute Gasteiger partial charge is 0.303 e. The minimum absolute atomic E-state index is 0.247. The topological polar surface area (TPSA) is 54.4 Å². The number of carbonyl (C=O) groups is 2. The van der Waals surface area contributed by atoms with Crippen LogP contribution in [0.25, 0.3) is 0 Å². The highest BCUT2D eigenvalue weighted by Crippen LogP contribution is 2.15. The van der Waals surface area contributed by atoms with Crippen LogP contribution in [0, 0.1) is 0 Å². The van der Waals surface area contributed by atoms with Crippen LogP contribution < -0.4 is 0 Å². The average Bonchev–Trinajstić information content (AvgIpc) is 2.45. The van der Waals surface area contributed by atoms with Crippen LogP contribution in [-0.2, 0) is 9.59 Å². The van der Waals surface area contributed by atoms with E-state index < -0.39 is 5.97 Å². The molecule has 0 aliphatic rings. The van der Waals surface area contributed by atoms with Crippen molar-refractivity contribution in [1.29, 1.82) is 0 Å². The number of aliphatic carboxylic acids is 1. The zero-order chi connectivity index (χ0) is 15.8. The lowest BCUT2D eigenvalue weighted by Crippen LogP contribution is -1.96. The second-order valence-corrected chi connectivity index (χ2v) is 6.80. The summed E-state index contributed by atoms with van der Waals surface area (Å²) in [5.74, 6) is 0.114. The van der Waals surface area contributed by atoms with E-state index in [-0.39, 0.29) is 6.42 Å². The fraction of sp³-hybridized carbons (Fsp3) is 0.882. The molecule has 0 saturated carbocycles. The summed E-state index contributed by atoms with van der Waals surface area (Å²) in [6.45, 7) is 2.23. The Hall–Kier alpha value is -0.510. The summed E-state index contributed by atoms with van der Waals surface area (Å²) in [4.78, 5) is 22.0. The fourth-order valence-electron chi connectivity index (χ4n) is 2.22. The molecule has 4 heteroatoms. The Labute approximate surface area is 134 Å². The third-order valence-corrected chi connectivity index (χ3v) is 4.55. The van der Waals surface area contributed by atoms with Gasteiger partial charge in [0.15, 0.2) is 5.12 Å². The van der Waals surface area contributed by atoms with Crippen molar-refractivity contribution in [1.82, 2.24) is 0 Å². The normalized spacial score (nSPS) is 10.7. The van der Waals surface area contributed by atoms with E-state index in [1.165, 1.54) is 56.7 Å². The van der Waals surface area contributed by atoms with Gasteiger partial charge in [-0.05, 0) is 19.3 Å². The molecule has 0 aliphatic carbocycles. The van der Waals surface area contributed by atoms with E-state index in [2.05, 4.69) is 6.92 Å². The van der Waals surface area contributed by atoms with E-state index in [4.69, 9.17) is 5.11 Å². The summed E-state index contributed by atoms with van der Waals surface area (Å²) in [5, 5.41) is 8.80. The standard InChI is InChI=1S/C17H32O3S/c1-2-3-4-5-6-7-8-11-14-17(20)21-15-12-9-10-13-16(18)19/h2-15H2,1H3,(H,18,19). The van der Waals surface area contributed by atoms with Gasteiger partial charge in [-0.2, -0.15) is 0 Å². The van der Waals surface area contributed by atoms with Gasteiger partial charge in [-0.1, -0.05) is 70.1 Å². The molecular formula is C17H32O3S. The molecule has 3 nitrogen and oxygen atoms in total. The molecule has 0 unspecified atom stereocenters. The molecule has 0 fully saturated rings. The van der Waals surface area contributed by atoms with Crippen molar-refractivity contribution in [2.75, 3.05) is 5.75 Å². The average molecular weight is 317 g/mol. The summed E-state index contributed by atoms with van der Waals surface area (Å²) in [5.41, 5.74) is 0. The number of hydrogen-bond acceptors (Lipinski definition) is 3. The minimum atomic E-state index is -0.728. The maximum Gasteiger partial charge on any atom is 0.303 e. The van der Waals surface area contributed by atoms with E-state index >= 15 is 0 Å². The third-order valence-electron chi connectivity index (χ3n) is 3.53. The van der Waals surface area contributed by atoms with Gasteiger partial charge in [-0.3, -0.25) is 9.59 Å². The first kappa shape index (κ1) is 20.5. The summed E-state index contributed by atoms with van der Waals surface area (Å²) in [7, 11) is 0. The third kappa shape index (κ3) is 17.4. The summed E-state index contributed by atoms with van der Waals surface area (Å²) < 4.78 is 0. The van der Waals surface area contributed by atoms with Crippen LogP contribution >= 0.6 is 11.8 Å². The van der Waals surface area contributed by atoms with Crippen LogP contribution in [0.15, 0.2) is 0 Å². The highest BCUT2D eigenvalue weighted by molar-refractivity contribution is 8.13. The number of hydrogen-bond donors (Lipinski definition) is 1. The van der Waals surface area contributed by atoms with Gasteiger partial charge >= 0.3 is 5.97 Å². The fourth-order valence-corrected chi connectivity index (χ4v) is 3.08. The van der Waals surface area contributed by atoms with Crippen LogP contribution in [-0.4, -0.2) is 21.9 Å². The van der Waals surface area contributed by atoms with Crippen LogP contribution in [0.1, 0.15) is 90.4 Å².